The first kappa shape index (κ1) is 12.1. The Bertz CT molecular complexity index is 812. The summed E-state index contributed by atoms with van der Waals surface area (Å²) >= 11 is 7.26. The molecule has 7 heteroatoms. The van der Waals surface area contributed by atoms with Gasteiger partial charge < -0.3 is 4.74 Å². The molecule has 0 bridgehead atoms. The first-order chi connectivity index (χ1) is 9.13. The van der Waals surface area contributed by atoms with Crippen LogP contribution in [0.25, 0.3) is 4.96 Å². The Morgan fingerprint density at radius 2 is 2.21 bits per heavy atom. The van der Waals surface area contributed by atoms with E-state index in [-0.39, 0.29) is 5.56 Å². The molecule has 0 aliphatic rings. The number of aryl methyl sites for hydroxylation is 1. The number of aromatic nitrogens is 3. The molecule has 2 heterocycles. The van der Waals surface area contributed by atoms with Gasteiger partial charge in [0.15, 0.2) is 0 Å². The van der Waals surface area contributed by atoms with Crippen molar-refractivity contribution in [3.63, 3.8) is 0 Å². The lowest BCUT2D eigenvalue weighted by molar-refractivity contribution is 0.469. The maximum atomic E-state index is 11.5. The van der Waals surface area contributed by atoms with Crippen molar-refractivity contribution in [2.45, 2.75) is 6.92 Å². The van der Waals surface area contributed by atoms with Crippen molar-refractivity contribution >= 4 is 27.9 Å². The zero-order chi connectivity index (χ0) is 13.4. The molecular formula is C12H8ClN3O2S. The summed E-state index contributed by atoms with van der Waals surface area (Å²) in [5.74, 6) is 0.499. The molecule has 0 amide bonds. The summed E-state index contributed by atoms with van der Waals surface area (Å²) in [5.41, 5.74) is 0.797. The van der Waals surface area contributed by atoms with Crippen LogP contribution >= 0.6 is 22.9 Å². The van der Waals surface area contributed by atoms with Crippen molar-refractivity contribution in [1.82, 2.24) is 14.6 Å². The minimum Gasteiger partial charge on any atom is -0.428 e. The largest absolute Gasteiger partial charge is 0.428 e. The van der Waals surface area contributed by atoms with Gasteiger partial charge in [-0.15, -0.1) is 5.10 Å². The van der Waals surface area contributed by atoms with Gasteiger partial charge in [-0.25, -0.2) is 4.98 Å². The Morgan fingerprint density at radius 3 is 2.95 bits per heavy atom. The number of fused-ring (bicyclic) bond motifs is 1. The van der Waals surface area contributed by atoms with Crippen molar-refractivity contribution in [1.29, 1.82) is 0 Å². The number of ether oxygens (including phenoxy) is 1. The van der Waals surface area contributed by atoms with Crippen LogP contribution in [-0.4, -0.2) is 14.6 Å². The van der Waals surface area contributed by atoms with Crippen LogP contribution in [0.5, 0.6) is 10.9 Å². The van der Waals surface area contributed by atoms with Gasteiger partial charge in [0, 0.05) is 12.3 Å². The molecule has 0 N–H and O–H groups in total. The molecule has 3 rings (SSSR count). The monoisotopic (exact) mass is 293 g/mol. The van der Waals surface area contributed by atoms with E-state index in [4.69, 9.17) is 16.3 Å². The first-order valence-corrected chi connectivity index (χ1v) is 6.62. The highest BCUT2D eigenvalue weighted by Gasteiger charge is 2.10. The van der Waals surface area contributed by atoms with Crippen LogP contribution in [0.3, 0.4) is 0 Å². The molecule has 0 aliphatic carbocycles. The van der Waals surface area contributed by atoms with Gasteiger partial charge in [0.05, 0.1) is 5.02 Å². The second-order valence-corrected chi connectivity index (χ2v) is 5.21. The predicted molar refractivity (Wildman–Crippen MR) is 73.4 cm³/mol. The average Bonchev–Trinajstić information content (AvgIpc) is 2.77. The summed E-state index contributed by atoms with van der Waals surface area (Å²) in [4.78, 5) is 16.1. The lowest BCUT2D eigenvalue weighted by Crippen LogP contribution is -2.12. The predicted octanol–water partition coefficient (Wildman–Crippen LogP) is 2.91. The lowest BCUT2D eigenvalue weighted by Gasteiger charge is -2.03. The Morgan fingerprint density at radius 1 is 1.37 bits per heavy atom. The van der Waals surface area contributed by atoms with E-state index in [1.807, 2.05) is 13.0 Å². The summed E-state index contributed by atoms with van der Waals surface area (Å²) in [7, 11) is 0. The van der Waals surface area contributed by atoms with E-state index >= 15 is 0 Å². The minimum atomic E-state index is -0.244. The molecule has 1 aromatic carbocycles. The fraction of sp³-hybridized carbons (Fsp3) is 0.0833. The van der Waals surface area contributed by atoms with Crippen molar-refractivity contribution in [2.24, 2.45) is 0 Å². The highest BCUT2D eigenvalue weighted by Crippen LogP contribution is 2.31. The Labute approximate surface area is 117 Å². The molecule has 0 radical (unpaired) electrons. The van der Waals surface area contributed by atoms with Gasteiger partial charge in [0.25, 0.3) is 10.8 Å². The van der Waals surface area contributed by atoms with Crippen LogP contribution in [0.4, 0.5) is 0 Å². The van der Waals surface area contributed by atoms with Crippen LogP contribution < -0.4 is 10.3 Å². The molecule has 0 fully saturated rings. The molecule has 2 aromatic heterocycles. The molecule has 0 saturated carbocycles. The molecule has 0 atom stereocenters. The zero-order valence-electron chi connectivity index (χ0n) is 9.83. The zero-order valence-corrected chi connectivity index (χ0v) is 11.4. The summed E-state index contributed by atoms with van der Waals surface area (Å²) in [6.07, 6.45) is 1.44. The fourth-order valence-electron chi connectivity index (χ4n) is 1.55. The Balaban J connectivity index is 2.01. The summed E-state index contributed by atoms with van der Waals surface area (Å²) in [6, 6.07) is 6.79. The molecule has 0 spiro atoms. The maximum Gasteiger partial charge on any atom is 0.300 e. The van der Waals surface area contributed by atoms with Gasteiger partial charge in [-0.2, -0.15) is 4.52 Å². The van der Waals surface area contributed by atoms with Gasteiger partial charge in [-0.3, -0.25) is 4.79 Å². The second kappa shape index (κ2) is 4.64. The number of nitrogens with zero attached hydrogens (tertiary/aromatic N) is 3. The molecule has 0 aliphatic heterocycles. The van der Waals surface area contributed by atoms with Gasteiger partial charge in [-0.1, -0.05) is 17.7 Å². The molecule has 3 aromatic rings. The summed E-state index contributed by atoms with van der Waals surface area (Å²) < 4.78 is 6.78. The van der Waals surface area contributed by atoms with Crippen LogP contribution in [0, 0.1) is 6.92 Å². The third kappa shape index (κ3) is 2.32. The van der Waals surface area contributed by atoms with E-state index in [9.17, 15) is 4.79 Å². The van der Waals surface area contributed by atoms with E-state index in [2.05, 4.69) is 10.1 Å². The lowest BCUT2D eigenvalue weighted by atomic mass is 10.2. The van der Waals surface area contributed by atoms with Gasteiger partial charge >= 0.3 is 0 Å². The maximum absolute atomic E-state index is 11.5. The van der Waals surface area contributed by atoms with E-state index in [0.717, 1.165) is 5.56 Å². The molecule has 96 valence electrons. The number of rotatable bonds is 2. The van der Waals surface area contributed by atoms with Gasteiger partial charge in [0.2, 0.25) is 4.96 Å². The summed E-state index contributed by atoms with van der Waals surface area (Å²) in [5, 5.41) is 4.87. The van der Waals surface area contributed by atoms with Crippen molar-refractivity contribution in [3.8, 4) is 10.9 Å². The number of hydrogen-bond acceptors (Lipinski definition) is 5. The average molecular weight is 294 g/mol. The first-order valence-electron chi connectivity index (χ1n) is 5.42. The van der Waals surface area contributed by atoms with Crippen LogP contribution in [0.2, 0.25) is 5.02 Å². The normalized spacial score (nSPS) is 10.8. The highest BCUT2D eigenvalue weighted by molar-refractivity contribution is 7.18. The molecule has 5 nitrogen and oxygen atoms in total. The van der Waals surface area contributed by atoms with E-state index in [1.54, 1.807) is 12.1 Å². The molecule has 19 heavy (non-hydrogen) atoms. The van der Waals surface area contributed by atoms with Gasteiger partial charge in [-0.05, 0) is 36.0 Å². The molecular weight excluding hydrogens is 286 g/mol. The van der Waals surface area contributed by atoms with E-state index in [0.29, 0.717) is 20.9 Å². The SMILES string of the molecule is Cc1ccc(Oc2nn3c(=O)ccnc3s2)c(Cl)c1. The fourth-order valence-corrected chi connectivity index (χ4v) is 2.56. The van der Waals surface area contributed by atoms with E-state index in [1.165, 1.54) is 28.1 Å². The van der Waals surface area contributed by atoms with E-state index < -0.39 is 0 Å². The van der Waals surface area contributed by atoms with Crippen molar-refractivity contribution < 1.29 is 4.74 Å². The van der Waals surface area contributed by atoms with Crippen LogP contribution in [0.15, 0.2) is 35.3 Å². The van der Waals surface area contributed by atoms with Crippen LogP contribution in [0.1, 0.15) is 5.56 Å². The minimum absolute atomic E-state index is 0.244. The van der Waals surface area contributed by atoms with Gasteiger partial charge in [0.1, 0.15) is 5.75 Å². The Hall–Kier alpha value is -1.92. The molecule has 0 saturated heterocycles. The number of hydrogen-bond donors (Lipinski definition) is 0. The standard InChI is InChI=1S/C12H8ClN3O2S/c1-7-2-3-9(8(13)6-7)18-12-15-16-10(17)4-5-14-11(16)19-12/h2-6H,1H3. The highest BCUT2D eigenvalue weighted by atomic mass is 35.5. The number of benzene rings is 1. The van der Waals surface area contributed by atoms with Crippen LogP contribution in [-0.2, 0) is 0 Å². The topological polar surface area (TPSA) is 56.5 Å². The Kier molecular flexibility index (Phi) is 2.96. The number of halogens is 1. The third-order valence-electron chi connectivity index (χ3n) is 2.44. The summed E-state index contributed by atoms with van der Waals surface area (Å²) in [6.45, 7) is 1.94. The third-order valence-corrected chi connectivity index (χ3v) is 3.53. The second-order valence-electron chi connectivity index (χ2n) is 3.88. The molecule has 0 unspecified atom stereocenters. The quantitative estimate of drug-likeness (QED) is 0.729. The van der Waals surface area contributed by atoms with Crippen molar-refractivity contribution in [3.05, 3.63) is 51.4 Å². The van der Waals surface area contributed by atoms with Crippen molar-refractivity contribution in [2.75, 3.05) is 0 Å². The smallest absolute Gasteiger partial charge is 0.300 e.